The number of hydrogen-bond acceptors (Lipinski definition) is 6. The third-order valence-electron chi connectivity index (χ3n) is 6.92. The van der Waals surface area contributed by atoms with Crippen LogP contribution in [0.4, 0.5) is 5.82 Å². The van der Waals surface area contributed by atoms with E-state index in [1.165, 1.54) is 6.42 Å². The number of aliphatic hydroxyl groups is 1. The molecule has 2 fully saturated rings. The Morgan fingerprint density at radius 2 is 2.00 bits per heavy atom. The molecule has 1 amide bonds. The average Bonchev–Trinajstić information content (AvgIpc) is 2.72. The highest BCUT2D eigenvalue weighted by atomic mass is 16.3. The van der Waals surface area contributed by atoms with E-state index < -0.39 is 5.60 Å². The number of carbonyl (C=O) groups excluding carboxylic acids is 1. The molecule has 1 aromatic heterocycles. The maximum atomic E-state index is 12.9. The first-order valence-electron chi connectivity index (χ1n) is 11.2. The van der Waals surface area contributed by atoms with Gasteiger partial charge in [-0.1, -0.05) is 19.3 Å². The number of amides is 1. The van der Waals surface area contributed by atoms with Crippen LogP contribution in [0.15, 0.2) is 0 Å². The third-order valence-corrected chi connectivity index (χ3v) is 6.92. The maximum Gasteiger partial charge on any atom is 0.225 e. The Labute approximate surface area is 173 Å². The van der Waals surface area contributed by atoms with Crippen LogP contribution in [0.1, 0.15) is 74.4 Å². The number of hydrogen-bond donors (Lipinski definition) is 2. The minimum Gasteiger partial charge on any atom is -0.389 e. The van der Waals surface area contributed by atoms with Gasteiger partial charge in [0.25, 0.3) is 0 Å². The molecule has 7 nitrogen and oxygen atoms in total. The SMILES string of the molecule is CNc1nc([C@H]2CCCN(C)C2)nc2c1CN(C(=O)CC1(O)CCCCC1)CC2. The third kappa shape index (κ3) is 4.56. The Hall–Kier alpha value is -1.73. The molecule has 1 saturated heterocycles. The smallest absolute Gasteiger partial charge is 0.225 e. The van der Waals surface area contributed by atoms with Crippen molar-refractivity contribution in [1.29, 1.82) is 0 Å². The fourth-order valence-corrected chi connectivity index (χ4v) is 5.19. The van der Waals surface area contributed by atoms with Crippen LogP contribution < -0.4 is 5.32 Å². The molecule has 3 aliphatic rings. The second-order valence-corrected chi connectivity index (χ2v) is 9.23. The first kappa shape index (κ1) is 20.5. The fourth-order valence-electron chi connectivity index (χ4n) is 5.19. The van der Waals surface area contributed by atoms with Gasteiger partial charge in [-0.05, 0) is 39.3 Å². The molecule has 2 aliphatic heterocycles. The summed E-state index contributed by atoms with van der Waals surface area (Å²) < 4.78 is 0. The summed E-state index contributed by atoms with van der Waals surface area (Å²) in [4.78, 5) is 27.0. The molecular weight excluding hydrogens is 366 g/mol. The predicted octanol–water partition coefficient (Wildman–Crippen LogP) is 2.30. The van der Waals surface area contributed by atoms with Crippen LogP contribution in [0.5, 0.6) is 0 Å². The van der Waals surface area contributed by atoms with Crippen molar-refractivity contribution in [1.82, 2.24) is 19.8 Å². The number of likely N-dealkylation sites (tertiary alicyclic amines) is 1. The van der Waals surface area contributed by atoms with E-state index in [4.69, 9.17) is 9.97 Å². The van der Waals surface area contributed by atoms with Crippen molar-refractivity contribution in [2.75, 3.05) is 39.0 Å². The van der Waals surface area contributed by atoms with Gasteiger partial charge >= 0.3 is 0 Å². The van der Waals surface area contributed by atoms with E-state index in [1.54, 1.807) is 0 Å². The molecule has 0 spiro atoms. The number of rotatable bonds is 4. The number of nitrogens with zero attached hydrogens (tertiary/aromatic N) is 4. The van der Waals surface area contributed by atoms with Gasteiger partial charge in [-0.25, -0.2) is 9.97 Å². The molecule has 7 heteroatoms. The minimum atomic E-state index is -0.811. The van der Waals surface area contributed by atoms with Gasteiger partial charge in [0.1, 0.15) is 11.6 Å². The number of fused-ring (bicyclic) bond motifs is 1. The molecule has 29 heavy (non-hydrogen) atoms. The van der Waals surface area contributed by atoms with Gasteiger partial charge in [-0.2, -0.15) is 0 Å². The van der Waals surface area contributed by atoms with Crippen LogP contribution in [-0.4, -0.2) is 70.1 Å². The molecule has 160 valence electrons. The zero-order chi connectivity index (χ0) is 20.4. The van der Waals surface area contributed by atoms with Crippen LogP contribution in [0, 0.1) is 0 Å². The van der Waals surface area contributed by atoms with E-state index in [1.807, 2.05) is 11.9 Å². The molecule has 0 unspecified atom stereocenters. The van der Waals surface area contributed by atoms with Crippen molar-refractivity contribution in [2.45, 2.75) is 75.9 Å². The van der Waals surface area contributed by atoms with Gasteiger partial charge < -0.3 is 20.2 Å². The van der Waals surface area contributed by atoms with Crippen LogP contribution in [-0.2, 0) is 17.8 Å². The zero-order valence-electron chi connectivity index (χ0n) is 17.9. The molecule has 1 aliphatic carbocycles. The molecule has 2 N–H and O–H groups in total. The van der Waals surface area contributed by atoms with Gasteiger partial charge in [0.2, 0.25) is 5.91 Å². The number of piperidine rings is 1. The lowest BCUT2D eigenvalue weighted by Crippen LogP contribution is -2.43. The molecule has 1 atom stereocenters. The second kappa shape index (κ2) is 8.56. The highest BCUT2D eigenvalue weighted by molar-refractivity contribution is 5.78. The highest BCUT2D eigenvalue weighted by Gasteiger charge is 2.35. The standard InChI is InChI=1S/C22H35N5O2/c1-23-21-17-15-27(19(28)13-22(29)9-4-3-5-10-22)12-8-18(17)24-20(25-21)16-7-6-11-26(2)14-16/h16,29H,3-15H2,1-2H3,(H,23,24,25)/t16-/m0/s1. The summed E-state index contributed by atoms with van der Waals surface area (Å²) in [5, 5.41) is 14.0. The number of anilines is 1. The van der Waals surface area contributed by atoms with E-state index in [0.717, 1.165) is 80.9 Å². The van der Waals surface area contributed by atoms with Gasteiger partial charge in [-0.15, -0.1) is 0 Å². The molecule has 0 radical (unpaired) electrons. The first-order chi connectivity index (χ1) is 14.0. The molecule has 1 saturated carbocycles. The van der Waals surface area contributed by atoms with E-state index in [-0.39, 0.29) is 12.3 Å². The maximum absolute atomic E-state index is 12.9. The fraction of sp³-hybridized carbons (Fsp3) is 0.773. The first-order valence-corrected chi connectivity index (χ1v) is 11.2. The number of likely N-dealkylation sites (N-methyl/N-ethyl adjacent to an activating group) is 1. The van der Waals surface area contributed by atoms with Crippen molar-refractivity contribution >= 4 is 11.7 Å². The van der Waals surface area contributed by atoms with E-state index in [0.29, 0.717) is 19.0 Å². The summed E-state index contributed by atoms with van der Waals surface area (Å²) in [6.45, 7) is 3.35. The Balaban J connectivity index is 1.49. The average molecular weight is 402 g/mol. The van der Waals surface area contributed by atoms with E-state index >= 15 is 0 Å². The molecule has 3 heterocycles. The van der Waals surface area contributed by atoms with Crippen molar-refractivity contribution in [2.24, 2.45) is 0 Å². The van der Waals surface area contributed by atoms with Gasteiger partial charge in [0.05, 0.1) is 24.3 Å². The van der Waals surface area contributed by atoms with Gasteiger partial charge in [0.15, 0.2) is 0 Å². The highest BCUT2D eigenvalue weighted by Crippen LogP contribution is 2.33. The lowest BCUT2D eigenvalue weighted by molar-refractivity contribution is -0.138. The minimum absolute atomic E-state index is 0.0556. The van der Waals surface area contributed by atoms with E-state index in [9.17, 15) is 9.90 Å². The number of nitrogens with one attached hydrogen (secondary N) is 1. The Kier molecular flexibility index (Phi) is 6.06. The quantitative estimate of drug-likeness (QED) is 0.806. The Bertz CT molecular complexity index is 730. The lowest BCUT2D eigenvalue weighted by atomic mass is 9.82. The monoisotopic (exact) mass is 401 g/mol. The number of aromatic nitrogens is 2. The van der Waals surface area contributed by atoms with Crippen LogP contribution >= 0.6 is 0 Å². The second-order valence-electron chi connectivity index (χ2n) is 9.23. The molecule has 0 aromatic carbocycles. The summed E-state index contributed by atoms with van der Waals surface area (Å²) in [5.74, 6) is 2.23. The van der Waals surface area contributed by atoms with E-state index in [2.05, 4.69) is 17.3 Å². The normalized spacial score (nSPS) is 24.8. The van der Waals surface area contributed by atoms with Crippen molar-refractivity contribution in [3.05, 3.63) is 17.1 Å². The van der Waals surface area contributed by atoms with Crippen molar-refractivity contribution in [3.8, 4) is 0 Å². The molecule has 0 bridgehead atoms. The zero-order valence-corrected chi connectivity index (χ0v) is 17.9. The summed E-state index contributed by atoms with van der Waals surface area (Å²) in [5.41, 5.74) is 1.30. The summed E-state index contributed by atoms with van der Waals surface area (Å²) in [6, 6.07) is 0. The summed E-state index contributed by atoms with van der Waals surface area (Å²) in [6.07, 6.45) is 8.00. The predicted molar refractivity (Wildman–Crippen MR) is 113 cm³/mol. The number of carbonyl (C=O) groups is 1. The van der Waals surface area contributed by atoms with Gasteiger partial charge in [-0.3, -0.25) is 4.79 Å². The summed E-state index contributed by atoms with van der Waals surface area (Å²) in [7, 11) is 4.05. The van der Waals surface area contributed by atoms with Crippen molar-refractivity contribution < 1.29 is 9.90 Å². The van der Waals surface area contributed by atoms with Crippen LogP contribution in [0.3, 0.4) is 0 Å². The Morgan fingerprint density at radius 1 is 1.21 bits per heavy atom. The van der Waals surface area contributed by atoms with Crippen LogP contribution in [0.25, 0.3) is 0 Å². The van der Waals surface area contributed by atoms with Gasteiger partial charge in [0, 0.05) is 38.0 Å². The Morgan fingerprint density at radius 3 is 2.72 bits per heavy atom. The summed E-state index contributed by atoms with van der Waals surface area (Å²) >= 11 is 0. The lowest BCUT2D eigenvalue weighted by Gasteiger charge is -2.36. The molecule has 4 rings (SSSR count). The molecular formula is C22H35N5O2. The topological polar surface area (TPSA) is 81.6 Å². The van der Waals surface area contributed by atoms with Crippen LogP contribution in [0.2, 0.25) is 0 Å². The largest absolute Gasteiger partial charge is 0.389 e. The van der Waals surface area contributed by atoms with Crippen molar-refractivity contribution in [3.63, 3.8) is 0 Å². The molecule has 1 aromatic rings.